The molecule has 1 aromatic heterocycles. The van der Waals surface area contributed by atoms with Crippen molar-refractivity contribution in [3.63, 3.8) is 0 Å². The molecule has 8 N–H and O–H groups in total. The number of rotatable bonds is 9. The second-order valence-electron chi connectivity index (χ2n) is 6.82. The van der Waals surface area contributed by atoms with Crippen LogP contribution in [0.1, 0.15) is 28.9 Å². The summed E-state index contributed by atoms with van der Waals surface area (Å²) in [7, 11) is 0. The summed E-state index contributed by atoms with van der Waals surface area (Å²) in [5, 5.41) is 3.61. The molecule has 1 unspecified atom stereocenters. The van der Waals surface area contributed by atoms with E-state index in [1.54, 1.807) is 0 Å². The zero-order valence-corrected chi connectivity index (χ0v) is 17.0. The molecule has 0 saturated carbocycles. The van der Waals surface area contributed by atoms with Gasteiger partial charge in [-0.15, -0.1) is 0 Å². The van der Waals surface area contributed by atoms with Gasteiger partial charge in [0.1, 0.15) is 5.69 Å². The Morgan fingerprint density at radius 3 is 2.47 bits per heavy atom. The standard InChI is InChI=1S/C21H23N5O3S/c22-15(8-9-17(23)27)21(29)25-11-12-6-7-14-16(10-12)26-18(20(24)28)19(14)30-13-4-2-1-3-5-13/h1-7,10,15,26H,8-9,11,22H2,(H2,23,27)(H2,24,28)(H,25,29). The summed E-state index contributed by atoms with van der Waals surface area (Å²) < 4.78 is 0. The average molecular weight is 426 g/mol. The van der Waals surface area contributed by atoms with E-state index >= 15 is 0 Å². The van der Waals surface area contributed by atoms with Crippen molar-refractivity contribution >= 4 is 40.4 Å². The summed E-state index contributed by atoms with van der Waals surface area (Å²) in [6, 6.07) is 14.5. The van der Waals surface area contributed by atoms with E-state index < -0.39 is 17.9 Å². The van der Waals surface area contributed by atoms with Gasteiger partial charge < -0.3 is 27.5 Å². The highest BCUT2D eigenvalue weighted by Crippen LogP contribution is 2.36. The van der Waals surface area contributed by atoms with Crippen LogP contribution >= 0.6 is 11.8 Å². The van der Waals surface area contributed by atoms with Crippen LogP contribution in [0.2, 0.25) is 0 Å². The van der Waals surface area contributed by atoms with Gasteiger partial charge in [0, 0.05) is 28.8 Å². The van der Waals surface area contributed by atoms with E-state index in [1.807, 2.05) is 48.5 Å². The van der Waals surface area contributed by atoms with Crippen molar-refractivity contribution in [2.45, 2.75) is 35.2 Å². The normalized spacial score (nSPS) is 11.9. The molecule has 1 atom stereocenters. The van der Waals surface area contributed by atoms with Crippen molar-refractivity contribution in [2.24, 2.45) is 17.2 Å². The van der Waals surface area contributed by atoms with E-state index in [1.165, 1.54) is 11.8 Å². The molecule has 0 bridgehead atoms. The molecule has 0 spiro atoms. The number of H-pyrrole nitrogens is 1. The van der Waals surface area contributed by atoms with Crippen molar-refractivity contribution in [3.05, 3.63) is 59.8 Å². The lowest BCUT2D eigenvalue weighted by atomic mass is 10.1. The molecular weight excluding hydrogens is 402 g/mol. The fourth-order valence-corrected chi connectivity index (χ4v) is 4.03. The molecule has 0 fully saturated rings. The minimum absolute atomic E-state index is 0.0563. The van der Waals surface area contributed by atoms with Crippen molar-refractivity contribution in [1.82, 2.24) is 10.3 Å². The Bertz CT molecular complexity index is 1080. The van der Waals surface area contributed by atoms with Crippen molar-refractivity contribution in [3.8, 4) is 0 Å². The van der Waals surface area contributed by atoms with Crippen LogP contribution < -0.4 is 22.5 Å². The van der Waals surface area contributed by atoms with E-state index in [4.69, 9.17) is 17.2 Å². The molecule has 3 aromatic rings. The molecule has 3 rings (SSSR count). The molecule has 0 aliphatic carbocycles. The van der Waals surface area contributed by atoms with Gasteiger partial charge >= 0.3 is 0 Å². The number of carbonyl (C=O) groups is 3. The number of benzene rings is 2. The first-order valence-electron chi connectivity index (χ1n) is 9.34. The fourth-order valence-electron chi connectivity index (χ4n) is 2.96. The predicted octanol–water partition coefficient (Wildman–Crippen LogP) is 1.63. The third kappa shape index (κ3) is 5.19. The lowest BCUT2D eigenvalue weighted by Gasteiger charge is -2.11. The fraction of sp³-hybridized carbons (Fsp3) is 0.190. The third-order valence-electron chi connectivity index (χ3n) is 4.53. The summed E-state index contributed by atoms with van der Waals surface area (Å²) in [5.74, 6) is -1.40. The van der Waals surface area contributed by atoms with E-state index in [-0.39, 0.29) is 25.3 Å². The Balaban J connectivity index is 1.77. The van der Waals surface area contributed by atoms with Crippen LogP contribution in [-0.2, 0) is 16.1 Å². The van der Waals surface area contributed by atoms with Gasteiger partial charge in [-0.1, -0.05) is 42.1 Å². The van der Waals surface area contributed by atoms with Crippen molar-refractivity contribution < 1.29 is 14.4 Å². The minimum atomic E-state index is -0.804. The number of amides is 3. The minimum Gasteiger partial charge on any atom is -0.370 e. The third-order valence-corrected chi connectivity index (χ3v) is 5.67. The van der Waals surface area contributed by atoms with Crippen molar-refractivity contribution in [1.29, 1.82) is 0 Å². The Hall–Kier alpha value is -3.30. The number of fused-ring (bicyclic) bond motifs is 1. The number of nitrogens with one attached hydrogen (secondary N) is 2. The zero-order valence-electron chi connectivity index (χ0n) is 16.2. The molecule has 9 heteroatoms. The van der Waals surface area contributed by atoms with Crippen LogP contribution in [0.4, 0.5) is 0 Å². The van der Waals surface area contributed by atoms with Gasteiger partial charge in [-0.25, -0.2) is 0 Å². The zero-order chi connectivity index (χ0) is 21.7. The van der Waals surface area contributed by atoms with Crippen LogP contribution in [0.15, 0.2) is 58.3 Å². The number of hydrogen-bond donors (Lipinski definition) is 5. The Kier molecular flexibility index (Phi) is 6.76. The molecule has 8 nitrogen and oxygen atoms in total. The van der Waals surface area contributed by atoms with E-state index in [0.29, 0.717) is 5.69 Å². The lowest BCUT2D eigenvalue weighted by Crippen LogP contribution is -2.40. The van der Waals surface area contributed by atoms with Crippen LogP contribution in [0.25, 0.3) is 10.9 Å². The lowest BCUT2D eigenvalue weighted by molar-refractivity contribution is -0.123. The highest BCUT2D eigenvalue weighted by atomic mass is 32.2. The Labute approximate surface area is 177 Å². The van der Waals surface area contributed by atoms with Crippen molar-refractivity contribution in [2.75, 3.05) is 0 Å². The summed E-state index contributed by atoms with van der Waals surface area (Å²) in [4.78, 5) is 39.7. The topological polar surface area (TPSA) is 157 Å². The number of nitrogens with two attached hydrogens (primary N) is 3. The van der Waals surface area contributed by atoms with Gasteiger partial charge in [-0.05, 0) is 30.2 Å². The maximum atomic E-state index is 12.1. The summed E-state index contributed by atoms with van der Waals surface area (Å²) >= 11 is 1.46. The van der Waals surface area contributed by atoms with Gasteiger partial charge in [-0.3, -0.25) is 14.4 Å². The number of carbonyl (C=O) groups excluding carboxylic acids is 3. The van der Waals surface area contributed by atoms with E-state index in [2.05, 4.69) is 10.3 Å². The first kappa shape index (κ1) is 21.4. The largest absolute Gasteiger partial charge is 0.370 e. The molecule has 156 valence electrons. The highest BCUT2D eigenvalue weighted by Gasteiger charge is 2.18. The quantitative estimate of drug-likeness (QED) is 0.352. The number of primary amides is 2. The first-order valence-corrected chi connectivity index (χ1v) is 10.2. The van der Waals surface area contributed by atoms with Gasteiger partial charge in [0.25, 0.3) is 5.91 Å². The molecular formula is C21H23N5O3S. The summed E-state index contributed by atoms with van der Waals surface area (Å²) in [6.07, 6.45) is 0.250. The highest BCUT2D eigenvalue weighted by molar-refractivity contribution is 7.99. The second-order valence-corrected chi connectivity index (χ2v) is 7.90. The van der Waals surface area contributed by atoms with E-state index in [9.17, 15) is 14.4 Å². The van der Waals surface area contributed by atoms with E-state index in [0.717, 1.165) is 26.3 Å². The monoisotopic (exact) mass is 425 g/mol. The van der Waals surface area contributed by atoms with Gasteiger partial charge in [-0.2, -0.15) is 0 Å². The van der Waals surface area contributed by atoms with Crippen LogP contribution in [0.3, 0.4) is 0 Å². The molecule has 3 amide bonds. The van der Waals surface area contributed by atoms with Gasteiger partial charge in [0.05, 0.1) is 10.9 Å². The molecule has 30 heavy (non-hydrogen) atoms. The molecule has 1 heterocycles. The Morgan fingerprint density at radius 1 is 1.07 bits per heavy atom. The van der Waals surface area contributed by atoms with Gasteiger partial charge in [0.15, 0.2) is 0 Å². The Morgan fingerprint density at radius 2 is 1.80 bits per heavy atom. The number of hydrogen-bond acceptors (Lipinski definition) is 5. The first-order chi connectivity index (χ1) is 14.3. The molecule has 2 aromatic carbocycles. The maximum Gasteiger partial charge on any atom is 0.266 e. The molecule has 0 radical (unpaired) electrons. The number of aromatic nitrogens is 1. The SMILES string of the molecule is NC(=O)CCC(N)C(=O)NCc1ccc2c(Sc3ccccc3)c(C(N)=O)[nH]c2c1. The summed E-state index contributed by atoms with van der Waals surface area (Å²) in [6.45, 7) is 0.255. The predicted molar refractivity (Wildman–Crippen MR) is 116 cm³/mol. The van der Waals surface area contributed by atoms with Crippen LogP contribution in [0.5, 0.6) is 0 Å². The smallest absolute Gasteiger partial charge is 0.266 e. The molecule has 0 saturated heterocycles. The second kappa shape index (κ2) is 9.47. The maximum absolute atomic E-state index is 12.1. The van der Waals surface area contributed by atoms with Gasteiger partial charge in [0.2, 0.25) is 11.8 Å². The molecule has 0 aliphatic rings. The molecule has 0 aliphatic heterocycles. The summed E-state index contributed by atoms with van der Waals surface area (Å²) in [5.41, 5.74) is 18.3. The number of aromatic amines is 1. The van der Waals surface area contributed by atoms with Crippen LogP contribution in [-0.4, -0.2) is 28.7 Å². The van der Waals surface area contributed by atoms with Crippen LogP contribution in [0, 0.1) is 0 Å². The average Bonchev–Trinajstić information content (AvgIpc) is 3.08.